The van der Waals surface area contributed by atoms with E-state index in [1.165, 1.54) is 11.0 Å². The molecular weight excluding hydrogens is 209 g/mol. The van der Waals surface area contributed by atoms with E-state index in [2.05, 4.69) is 6.07 Å². The Balaban J connectivity index is 2.49. The number of aryl methyl sites for hydroxylation is 1. The van der Waals surface area contributed by atoms with Gasteiger partial charge in [-0.05, 0) is 24.6 Å². The van der Waals surface area contributed by atoms with Crippen molar-refractivity contribution in [3.8, 4) is 5.75 Å². The van der Waals surface area contributed by atoms with Gasteiger partial charge in [0.05, 0.1) is 13.0 Å². The quantitative estimate of drug-likeness (QED) is 0.780. The van der Waals surface area contributed by atoms with Gasteiger partial charge in [-0.25, -0.2) is 4.39 Å². The zero-order valence-corrected chi connectivity index (χ0v) is 9.71. The van der Waals surface area contributed by atoms with Gasteiger partial charge in [0, 0.05) is 14.1 Å². The molecule has 3 nitrogen and oxygen atoms in total. The van der Waals surface area contributed by atoms with Crippen molar-refractivity contribution in [1.29, 1.82) is 0 Å². The smallest absolute Gasteiger partial charge is 0.225 e. The van der Waals surface area contributed by atoms with Crippen LogP contribution in [0.3, 0.4) is 0 Å². The number of carbonyl (C=O) groups excluding carboxylic acids is 1. The van der Waals surface area contributed by atoms with Crippen LogP contribution >= 0.6 is 0 Å². The van der Waals surface area contributed by atoms with Crippen LogP contribution < -0.4 is 4.74 Å². The Bertz CT molecular complexity index is 377. The van der Waals surface area contributed by atoms with Crippen LogP contribution in [-0.4, -0.2) is 31.5 Å². The molecule has 1 aromatic carbocycles. The van der Waals surface area contributed by atoms with Crippen LogP contribution in [0.4, 0.5) is 4.39 Å². The molecule has 0 aliphatic heterocycles. The summed E-state index contributed by atoms with van der Waals surface area (Å²) < 4.78 is 18.6. The first kappa shape index (κ1) is 12.5. The summed E-state index contributed by atoms with van der Waals surface area (Å²) in [6.07, 6.45) is 0.240. The lowest BCUT2D eigenvalue weighted by atomic mass is 10.2. The average molecular weight is 224 g/mol. The van der Waals surface area contributed by atoms with Crippen molar-refractivity contribution >= 4 is 5.91 Å². The lowest BCUT2D eigenvalue weighted by molar-refractivity contribution is -0.129. The van der Waals surface area contributed by atoms with Crippen molar-refractivity contribution in [2.24, 2.45) is 0 Å². The Hall–Kier alpha value is -1.58. The van der Waals surface area contributed by atoms with Crippen LogP contribution in [0.25, 0.3) is 0 Å². The summed E-state index contributed by atoms with van der Waals surface area (Å²) in [6, 6.07) is 5.83. The van der Waals surface area contributed by atoms with E-state index >= 15 is 0 Å². The van der Waals surface area contributed by atoms with Gasteiger partial charge >= 0.3 is 0 Å². The fourth-order valence-electron chi connectivity index (χ4n) is 1.15. The first-order valence-electron chi connectivity index (χ1n) is 5.02. The Morgan fingerprint density at radius 2 is 2.25 bits per heavy atom. The van der Waals surface area contributed by atoms with E-state index in [-0.39, 0.29) is 24.7 Å². The summed E-state index contributed by atoms with van der Waals surface area (Å²) in [5.41, 5.74) is 0.413. The second-order valence-electron chi connectivity index (χ2n) is 3.67. The molecule has 0 heterocycles. The normalized spacial score (nSPS) is 10.0. The number of nitrogens with zero attached hydrogens (tertiary/aromatic N) is 1. The van der Waals surface area contributed by atoms with Gasteiger partial charge in [-0.3, -0.25) is 4.79 Å². The molecule has 0 saturated carbocycles. The fourth-order valence-corrected chi connectivity index (χ4v) is 1.15. The van der Waals surface area contributed by atoms with Crippen molar-refractivity contribution in [2.45, 2.75) is 13.3 Å². The van der Waals surface area contributed by atoms with Gasteiger partial charge in [-0.15, -0.1) is 0 Å². The van der Waals surface area contributed by atoms with Gasteiger partial charge in [-0.2, -0.15) is 0 Å². The summed E-state index contributed by atoms with van der Waals surface area (Å²) in [5.74, 6) is -0.290. The Labute approximate surface area is 94.8 Å². The molecule has 0 bridgehead atoms. The van der Waals surface area contributed by atoms with E-state index in [1.54, 1.807) is 27.1 Å². The number of hydrogen-bond donors (Lipinski definition) is 0. The minimum Gasteiger partial charge on any atom is -0.490 e. The van der Waals surface area contributed by atoms with Gasteiger partial charge in [0.15, 0.2) is 11.6 Å². The third-order valence-corrected chi connectivity index (χ3v) is 2.15. The van der Waals surface area contributed by atoms with Crippen molar-refractivity contribution in [1.82, 2.24) is 4.90 Å². The molecule has 1 rings (SSSR count). The molecular formula is C12H15FNO2. The lowest BCUT2D eigenvalue weighted by Gasteiger charge is -2.11. The predicted octanol–water partition coefficient (Wildman–Crippen LogP) is 1.79. The Morgan fingerprint density at radius 1 is 1.56 bits per heavy atom. The highest BCUT2D eigenvalue weighted by atomic mass is 19.1. The van der Waals surface area contributed by atoms with E-state index in [4.69, 9.17) is 4.74 Å². The summed E-state index contributed by atoms with van der Waals surface area (Å²) >= 11 is 0. The van der Waals surface area contributed by atoms with Crippen LogP contribution in [0.5, 0.6) is 5.75 Å². The second-order valence-corrected chi connectivity index (χ2v) is 3.67. The molecule has 0 aliphatic rings. The third kappa shape index (κ3) is 3.22. The molecule has 16 heavy (non-hydrogen) atoms. The topological polar surface area (TPSA) is 29.5 Å². The van der Waals surface area contributed by atoms with E-state index in [1.807, 2.05) is 0 Å². The van der Waals surface area contributed by atoms with Crippen LogP contribution in [0.1, 0.15) is 12.0 Å². The molecule has 0 saturated heterocycles. The number of amides is 1. The molecule has 87 valence electrons. The Morgan fingerprint density at radius 3 is 2.88 bits per heavy atom. The average Bonchev–Trinajstić information content (AvgIpc) is 2.24. The van der Waals surface area contributed by atoms with Crippen molar-refractivity contribution in [3.05, 3.63) is 29.6 Å². The summed E-state index contributed by atoms with van der Waals surface area (Å²) in [6.45, 7) is 1.80. The van der Waals surface area contributed by atoms with E-state index in [0.29, 0.717) is 5.56 Å². The number of halogens is 1. The molecule has 0 unspecified atom stereocenters. The first-order valence-corrected chi connectivity index (χ1v) is 5.02. The predicted molar refractivity (Wildman–Crippen MR) is 58.8 cm³/mol. The highest BCUT2D eigenvalue weighted by molar-refractivity contribution is 5.75. The lowest BCUT2D eigenvalue weighted by Crippen LogP contribution is -2.23. The second kappa shape index (κ2) is 5.49. The van der Waals surface area contributed by atoms with Crippen LogP contribution in [-0.2, 0) is 4.79 Å². The molecule has 4 heteroatoms. The minimum atomic E-state index is -0.417. The monoisotopic (exact) mass is 224 g/mol. The number of hydrogen-bond acceptors (Lipinski definition) is 2. The van der Waals surface area contributed by atoms with Gasteiger partial charge in [-0.1, -0.05) is 6.07 Å². The van der Waals surface area contributed by atoms with Gasteiger partial charge < -0.3 is 9.64 Å². The molecule has 1 radical (unpaired) electrons. The Kier molecular flexibility index (Phi) is 4.28. The number of ether oxygens (including phenoxy) is 1. The molecule has 0 atom stereocenters. The maximum atomic E-state index is 13.4. The zero-order valence-electron chi connectivity index (χ0n) is 9.71. The van der Waals surface area contributed by atoms with Crippen LogP contribution in [0, 0.1) is 18.8 Å². The van der Waals surface area contributed by atoms with Crippen molar-refractivity contribution < 1.29 is 13.9 Å². The first-order chi connectivity index (χ1) is 7.52. The van der Waals surface area contributed by atoms with Crippen molar-refractivity contribution in [2.75, 3.05) is 20.7 Å². The van der Waals surface area contributed by atoms with Crippen LogP contribution in [0.2, 0.25) is 0 Å². The zero-order chi connectivity index (χ0) is 12.1. The highest BCUT2D eigenvalue weighted by Gasteiger charge is 2.08. The molecule has 0 N–H and O–H groups in total. The molecule has 1 aromatic rings. The van der Waals surface area contributed by atoms with Gasteiger partial charge in [0.2, 0.25) is 5.91 Å². The maximum absolute atomic E-state index is 13.4. The van der Waals surface area contributed by atoms with E-state index in [9.17, 15) is 9.18 Å². The highest BCUT2D eigenvalue weighted by Crippen LogP contribution is 2.19. The van der Waals surface area contributed by atoms with Gasteiger partial charge in [0.25, 0.3) is 0 Å². The minimum absolute atomic E-state index is 0.0420. The van der Waals surface area contributed by atoms with Crippen molar-refractivity contribution in [3.63, 3.8) is 0 Å². The van der Waals surface area contributed by atoms with E-state index < -0.39 is 5.82 Å². The largest absolute Gasteiger partial charge is 0.490 e. The third-order valence-electron chi connectivity index (χ3n) is 2.15. The summed E-state index contributed by atoms with van der Waals surface area (Å²) in [7, 11) is 3.34. The molecule has 0 spiro atoms. The summed E-state index contributed by atoms with van der Waals surface area (Å²) in [4.78, 5) is 12.7. The van der Waals surface area contributed by atoms with Gasteiger partial charge in [0.1, 0.15) is 0 Å². The fraction of sp³-hybridized carbons (Fsp3) is 0.417. The molecule has 0 fully saturated rings. The molecule has 1 amide bonds. The molecule has 0 aromatic heterocycles. The summed E-state index contributed by atoms with van der Waals surface area (Å²) in [5, 5.41) is 0. The standard InChI is InChI=1S/C12H15FNO2/c1-9-5-4-6-10(12(9)13)16-8-7-11(15)14(2)3/h4,6H,7-8H2,1-3H3. The van der Waals surface area contributed by atoms with E-state index in [0.717, 1.165) is 0 Å². The number of carbonyl (C=O) groups is 1. The molecule has 0 aliphatic carbocycles. The maximum Gasteiger partial charge on any atom is 0.225 e. The van der Waals surface area contributed by atoms with Crippen LogP contribution in [0.15, 0.2) is 12.1 Å². The number of benzene rings is 1. The number of rotatable bonds is 4. The SMILES string of the molecule is Cc1[c]ccc(OCCC(=O)N(C)C)c1F.